The summed E-state index contributed by atoms with van der Waals surface area (Å²) in [7, 11) is 0. The molecule has 0 fully saturated rings. The van der Waals surface area contributed by atoms with Crippen LogP contribution in [0.4, 0.5) is 0 Å². The number of rotatable bonds is 3. The van der Waals surface area contributed by atoms with Gasteiger partial charge in [0.2, 0.25) is 0 Å². The first kappa shape index (κ1) is 16.6. The lowest BCUT2D eigenvalue weighted by atomic mass is 10.1. The Morgan fingerprint density at radius 3 is 2.37 bits per heavy atom. The van der Waals surface area contributed by atoms with E-state index in [2.05, 4.69) is 47.2 Å². The van der Waals surface area contributed by atoms with Crippen LogP contribution in [0.3, 0.4) is 0 Å². The zero-order valence-corrected chi connectivity index (χ0v) is 15.7. The van der Waals surface area contributed by atoms with E-state index in [1.165, 1.54) is 0 Å². The Morgan fingerprint density at radius 2 is 1.57 bits per heavy atom. The number of hydrogen-bond donors (Lipinski definition) is 2. The lowest BCUT2D eigenvalue weighted by molar-refractivity contribution is 1.10. The van der Waals surface area contributed by atoms with Crippen molar-refractivity contribution >= 4 is 21.9 Å². The molecule has 6 aromatic heterocycles. The summed E-state index contributed by atoms with van der Waals surface area (Å²) in [5, 5.41) is 9.48. The molecule has 0 radical (unpaired) electrons. The third-order valence-electron chi connectivity index (χ3n) is 5.13. The van der Waals surface area contributed by atoms with Crippen molar-refractivity contribution in [2.75, 3.05) is 0 Å². The van der Waals surface area contributed by atoms with Gasteiger partial charge in [-0.15, -0.1) is 0 Å². The summed E-state index contributed by atoms with van der Waals surface area (Å²) < 4.78 is 0. The van der Waals surface area contributed by atoms with E-state index in [4.69, 9.17) is 0 Å². The highest BCUT2D eigenvalue weighted by molar-refractivity contribution is 6.00. The van der Waals surface area contributed by atoms with Crippen molar-refractivity contribution in [1.29, 1.82) is 0 Å². The number of aromatic nitrogens is 7. The highest BCUT2D eigenvalue weighted by atomic mass is 15.2. The van der Waals surface area contributed by atoms with Crippen molar-refractivity contribution in [3.63, 3.8) is 0 Å². The monoisotopic (exact) mass is 389 g/mol. The van der Waals surface area contributed by atoms with E-state index >= 15 is 0 Å². The number of hydrogen-bond acceptors (Lipinski definition) is 5. The van der Waals surface area contributed by atoms with Gasteiger partial charge in [-0.05, 0) is 36.4 Å². The predicted molar refractivity (Wildman–Crippen MR) is 115 cm³/mol. The van der Waals surface area contributed by atoms with E-state index in [9.17, 15) is 0 Å². The SMILES string of the molecule is c1ccc(-c2cnc3n[nH]c(-c4cc5c(-c6ccccn6)cncc5[nH]4)c3c2)nc1. The summed E-state index contributed by atoms with van der Waals surface area (Å²) in [6, 6.07) is 15.9. The number of pyridine rings is 4. The average Bonchev–Trinajstić information content (AvgIpc) is 3.43. The maximum absolute atomic E-state index is 4.50. The van der Waals surface area contributed by atoms with E-state index < -0.39 is 0 Å². The van der Waals surface area contributed by atoms with Crippen molar-refractivity contribution in [3.05, 3.63) is 79.5 Å². The number of nitrogens with one attached hydrogen (secondary N) is 2. The van der Waals surface area contributed by atoms with Gasteiger partial charge in [0, 0.05) is 46.7 Å². The second-order valence-corrected chi connectivity index (χ2v) is 6.96. The molecule has 0 unspecified atom stereocenters. The third-order valence-corrected chi connectivity index (χ3v) is 5.13. The first-order chi connectivity index (χ1) is 14.9. The minimum absolute atomic E-state index is 0.659. The normalized spacial score (nSPS) is 11.3. The molecule has 0 spiro atoms. The number of nitrogens with zero attached hydrogens (tertiary/aromatic N) is 5. The van der Waals surface area contributed by atoms with Crippen LogP contribution in [0, 0.1) is 0 Å². The quantitative estimate of drug-likeness (QED) is 0.460. The molecule has 142 valence electrons. The molecular weight excluding hydrogens is 374 g/mol. The number of H-pyrrole nitrogens is 2. The molecule has 2 N–H and O–H groups in total. The summed E-state index contributed by atoms with van der Waals surface area (Å²) in [6.07, 6.45) is 9.02. The Kier molecular flexibility index (Phi) is 3.64. The van der Waals surface area contributed by atoms with Crippen molar-refractivity contribution in [2.24, 2.45) is 0 Å². The maximum Gasteiger partial charge on any atom is 0.181 e. The van der Waals surface area contributed by atoms with Crippen LogP contribution in [-0.4, -0.2) is 35.1 Å². The van der Waals surface area contributed by atoms with Crippen LogP contribution in [0.5, 0.6) is 0 Å². The fourth-order valence-electron chi connectivity index (χ4n) is 3.69. The summed E-state index contributed by atoms with van der Waals surface area (Å²) in [5.41, 5.74) is 7.06. The molecule has 6 heterocycles. The second-order valence-electron chi connectivity index (χ2n) is 6.96. The molecule has 0 aliphatic carbocycles. The molecule has 7 nitrogen and oxygen atoms in total. The largest absolute Gasteiger partial charge is 0.352 e. The van der Waals surface area contributed by atoms with Gasteiger partial charge in [-0.25, -0.2) is 4.98 Å². The van der Waals surface area contributed by atoms with Crippen LogP contribution in [0.15, 0.2) is 79.5 Å². The van der Waals surface area contributed by atoms with Crippen LogP contribution in [0.1, 0.15) is 0 Å². The lowest BCUT2D eigenvalue weighted by Gasteiger charge is -2.01. The molecule has 0 aliphatic heterocycles. The van der Waals surface area contributed by atoms with Crippen molar-refractivity contribution in [2.45, 2.75) is 0 Å². The molecule has 0 aromatic carbocycles. The minimum Gasteiger partial charge on any atom is -0.352 e. The van der Waals surface area contributed by atoms with Gasteiger partial charge in [0.15, 0.2) is 5.65 Å². The van der Waals surface area contributed by atoms with Gasteiger partial charge >= 0.3 is 0 Å². The Labute approximate surface area is 170 Å². The Balaban J connectivity index is 1.52. The first-order valence-electron chi connectivity index (χ1n) is 9.51. The molecule has 0 aliphatic rings. The van der Waals surface area contributed by atoms with Crippen LogP contribution < -0.4 is 0 Å². The van der Waals surface area contributed by atoms with E-state index in [0.717, 1.165) is 50.2 Å². The molecule has 0 amide bonds. The molecule has 7 heteroatoms. The first-order valence-corrected chi connectivity index (χ1v) is 9.51. The van der Waals surface area contributed by atoms with Crippen LogP contribution in [0.25, 0.3) is 55.8 Å². The fourth-order valence-corrected chi connectivity index (χ4v) is 3.69. The van der Waals surface area contributed by atoms with Gasteiger partial charge in [0.1, 0.15) is 0 Å². The number of fused-ring (bicyclic) bond motifs is 2. The topological polar surface area (TPSA) is 96.0 Å². The molecule has 6 aromatic rings. The third kappa shape index (κ3) is 2.64. The molecule has 6 rings (SSSR count). The van der Waals surface area contributed by atoms with Gasteiger partial charge in [-0.1, -0.05) is 12.1 Å². The zero-order valence-electron chi connectivity index (χ0n) is 15.7. The van der Waals surface area contributed by atoms with E-state index in [1.54, 1.807) is 18.6 Å². The van der Waals surface area contributed by atoms with Gasteiger partial charge in [-0.2, -0.15) is 5.10 Å². The second kappa shape index (κ2) is 6.59. The standard InChI is InChI=1S/C23H15N7/c1-3-7-25-18(5-1)14-9-16-22(29-30-23(16)27-11-14)20-10-15-17(12-24-13-21(15)28-20)19-6-2-4-8-26-19/h1-13,28H,(H,27,29,30). The van der Waals surface area contributed by atoms with Crippen LogP contribution in [0.2, 0.25) is 0 Å². The molecule has 0 bridgehead atoms. The Hall–Kier alpha value is -4.39. The van der Waals surface area contributed by atoms with Gasteiger partial charge in [-0.3, -0.25) is 20.1 Å². The Morgan fingerprint density at radius 1 is 0.733 bits per heavy atom. The summed E-state index contributed by atoms with van der Waals surface area (Å²) in [6.45, 7) is 0. The summed E-state index contributed by atoms with van der Waals surface area (Å²) in [5.74, 6) is 0. The van der Waals surface area contributed by atoms with Crippen molar-refractivity contribution < 1.29 is 0 Å². The molecule has 0 atom stereocenters. The Bertz CT molecular complexity index is 1480. The van der Waals surface area contributed by atoms with E-state index in [-0.39, 0.29) is 0 Å². The lowest BCUT2D eigenvalue weighted by Crippen LogP contribution is -1.85. The molecule has 30 heavy (non-hydrogen) atoms. The van der Waals surface area contributed by atoms with E-state index in [1.807, 2.05) is 48.8 Å². The highest BCUT2D eigenvalue weighted by Gasteiger charge is 2.15. The van der Waals surface area contributed by atoms with Crippen molar-refractivity contribution in [1.82, 2.24) is 35.1 Å². The average molecular weight is 389 g/mol. The predicted octanol–water partition coefficient (Wildman–Crippen LogP) is 4.63. The van der Waals surface area contributed by atoms with Gasteiger partial charge in [0.05, 0.1) is 34.5 Å². The summed E-state index contributed by atoms with van der Waals surface area (Å²) >= 11 is 0. The maximum atomic E-state index is 4.50. The fraction of sp³-hybridized carbons (Fsp3) is 0. The highest BCUT2D eigenvalue weighted by Crippen LogP contribution is 2.33. The van der Waals surface area contributed by atoms with Crippen LogP contribution >= 0.6 is 0 Å². The molecule has 0 saturated heterocycles. The number of aromatic amines is 2. The minimum atomic E-state index is 0.659. The molecular formula is C23H15N7. The zero-order chi connectivity index (χ0) is 19.9. The van der Waals surface area contributed by atoms with Crippen molar-refractivity contribution in [3.8, 4) is 33.9 Å². The van der Waals surface area contributed by atoms with Crippen LogP contribution in [-0.2, 0) is 0 Å². The summed E-state index contributed by atoms with van der Waals surface area (Å²) in [4.78, 5) is 21.2. The smallest absolute Gasteiger partial charge is 0.181 e. The molecule has 0 saturated carbocycles. The van der Waals surface area contributed by atoms with E-state index in [0.29, 0.717) is 5.65 Å². The van der Waals surface area contributed by atoms with Gasteiger partial charge < -0.3 is 4.98 Å². The van der Waals surface area contributed by atoms with Gasteiger partial charge in [0.25, 0.3) is 0 Å².